The summed E-state index contributed by atoms with van der Waals surface area (Å²) >= 11 is 6.70. The van der Waals surface area contributed by atoms with Gasteiger partial charge in [0.05, 0.1) is 17.7 Å². The highest BCUT2D eigenvalue weighted by Crippen LogP contribution is 2.35. The Morgan fingerprint density at radius 1 is 1.25 bits per heavy atom. The molecule has 0 saturated carbocycles. The van der Waals surface area contributed by atoms with E-state index < -0.39 is 0 Å². The highest BCUT2D eigenvalue weighted by molar-refractivity contribution is 8.26. The summed E-state index contributed by atoms with van der Waals surface area (Å²) in [5.41, 5.74) is 2.15. The Kier molecular flexibility index (Phi) is 3.78. The second kappa shape index (κ2) is 5.96. The van der Waals surface area contributed by atoms with Crippen LogP contribution in [-0.2, 0) is 18.4 Å². The van der Waals surface area contributed by atoms with Crippen LogP contribution in [0.2, 0.25) is 0 Å². The molecular weight excluding hydrogens is 340 g/mol. The minimum atomic E-state index is -0.0747. The third-order valence-electron chi connectivity index (χ3n) is 3.98. The minimum Gasteiger partial charge on any atom is -0.467 e. The lowest BCUT2D eigenvalue weighted by Gasteiger charge is -2.11. The van der Waals surface area contributed by atoms with Gasteiger partial charge in [-0.2, -0.15) is 0 Å². The van der Waals surface area contributed by atoms with Gasteiger partial charge in [0.25, 0.3) is 5.91 Å². The average molecular weight is 354 g/mol. The van der Waals surface area contributed by atoms with Crippen LogP contribution in [0.5, 0.6) is 0 Å². The molecule has 0 radical (unpaired) electrons. The Hall–Kier alpha value is -2.31. The molecule has 24 heavy (non-hydrogen) atoms. The maximum absolute atomic E-state index is 12.7. The lowest BCUT2D eigenvalue weighted by molar-refractivity contribution is -0.122. The molecule has 4 rings (SSSR count). The molecule has 1 saturated heterocycles. The van der Waals surface area contributed by atoms with Gasteiger partial charge in [0, 0.05) is 29.7 Å². The Morgan fingerprint density at radius 3 is 2.88 bits per heavy atom. The summed E-state index contributed by atoms with van der Waals surface area (Å²) in [5.74, 6) is 0.645. The van der Waals surface area contributed by atoms with Gasteiger partial charge in [-0.25, -0.2) is 0 Å². The topological polar surface area (TPSA) is 38.4 Å². The second-order valence-electron chi connectivity index (χ2n) is 5.56. The summed E-state index contributed by atoms with van der Waals surface area (Å²) < 4.78 is 7.94. The number of para-hydroxylation sites is 1. The quantitative estimate of drug-likeness (QED) is 0.523. The van der Waals surface area contributed by atoms with Crippen LogP contribution in [0.1, 0.15) is 11.3 Å². The first-order chi connectivity index (χ1) is 11.6. The number of amides is 1. The number of rotatable bonds is 3. The van der Waals surface area contributed by atoms with Gasteiger partial charge >= 0.3 is 0 Å². The van der Waals surface area contributed by atoms with Crippen molar-refractivity contribution in [1.82, 2.24) is 9.47 Å². The van der Waals surface area contributed by atoms with Crippen LogP contribution in [-0.4, -0.2) is 19.7 Å². The summed E-state index contributed by atoms with van der Waals surface area (Å²) in [4.78, 5) is 14.9. The largest absolute Gasteiger partial charge is 0.467 e. The summed E-state index contributed by atoms with van der Waals surface area (Å²) in [6.45, 7) is 0.366. The number of aryl methyl sites for hydroxylation is 1. The molecule has 1 aliphatic rings. The van der Waals surface area contributed by atoms with Crippen LogP contribution in [0.4, 0.5) is 0 Å². The summed E-state index contributed by atoms with van der Waals surface area (Å²) in [7, 11) is 2.00. The molecular formula is C18H14N2O2S2. The molecule has 120 valence electrons. The van der Waals surface area contributed by atoms with Crippen molar-refractivity contribution in [3.63, 3.8) is 0 Å². The zero-order valence-electron chi connectivity index (χ0n) is 12.9. The fourth-order valence-electron chi connectivity index (χ4n) is 2.82. The number of thioether (sulfide) groups is 1. The van der Waals surface area contributed by atoms with E-state index in [1.165, 1.54) is 11.8 Å². The average Bonchev–Trinajstić information content (AvgIpc) is 3.26. The number of aromatic nitrogens is 1. The number of hydrogen-bond acceptors (Lipinski definition) is 4. The second-order valence-corrected chi connectivity index (χ2v) is 7.24. The predicted octanol–water partition coefficient (Wildman–Crippen LogP) is 4.17. The highest BCUT2D eigenvalue weighted by atomic mass is 32.2. The Balaban J connectivity index is 1.68. The molecule has 0 bridgehead atoms. The number of hydrogen-bond donors (Lipinski definition) is 0. The molecule has 3 heterocycles. The molecule has 4 nitrogen and oxygen atoms in total. The summed E-state index contributed by atoms with van der Waals surface area (Å²) in [5, 5.41) is 1.12. The van der Waals surface area contributed by atoms with Gasteiger partial charge in [-0.1, -0.05) is 42.2 Å². The predicted molar refractivity (Wildman–Crippen MR) is 100 cm³/mol. The van der Waals surface area contributed by atoms with Gasteiger partial charge in [-0.3, -0.25) is 9.69 Å². The third kappa shape index (κ3) is 2.57. The molecule has 1 aromatic carbocycles. The summed E-state index contributed by atoms with van der Waals surface area (Å²) in [6, 6.07) is 11.8. The van der Waals surface area contributed by atoms with Crippen LogP contribution >= 0.6 is 24.0 Å². The lowest BCUT2D eigenvalue weighted by Crippen LogP contribution is -2.27. The van der Waals surface area contributed by atoms with Gasteiger partial charge in [0.1, 0.15) is 10.1 Å². The first-order valence-corrected chi connectivity index (χ1v) is 8.68. The van der Waals surface area contributed by atoms with Gasteiger partial charge < -0.3 is 8.98 Å². The molecule has 1 aliphatic heterocycles. The smallest absolute Gasteiger partial charge is 0.266 e. The molecule has 1 fully saturated rings. The Morgan fingerprint density at radius 2 is 2.08 bits per heavy atom. The van der Waals surface area contributed by atoms with E-state index in [0.29, 0.717) is 15.8 Å². The van der Waals surface area contributed by atoms with Gasteiger partial charge in [-0.15, -0.1) is 0 Å². The SMILES string of the molecule is Cn1cc(C=C2SC(=S)N(Cc3ccco3)C2=O)c2ccccc21. The van der Waals surface area contributed by atoms with E-state index in [0.717, 1.165) is 22.2 Å². The van der Waals surface area contributed by atoms with E-state index in [2.05, 4.69) is 16.7 Å². The molecule has 1 amide bonds. The van der Waals surface area contributed by atoms with Crippen LogP contribution in [0.3, 0.4) is 0 Å². The fraction of sp³-hybridized carbons (Fsp3) is 0.111. The molecule has 0 unspecified atom stereocenters. The molecule has 0 atom stereocenters. The van der Waals surface area contributed by atoms with Crippen LogP contribution in [0, 0.1) is 0 Å². The van der Waals surface area contributed by atoms with Crippen molar-refractivity contribution in [2.75, 3.05) is 0 Å². The molecule has 2 aromatic heterocycles. The van der Waals surface area contributed by atoms with Crippen LogP contribution in [0.15, 0.2) is 58.2 Å². The monoisotopic (exact) mass is 354 g/mol. The number of carbonyl (C=O) groups excluding carboxylic acids is 1. The van der Waals surface area contributed by atoms with Gasteiger partial charge in [-0.05, 0) is 24.3 Å². The Labute approximate surface area is 148 Å². The number of furan rings is 1. The standard InChI is InChI=1S/C18H14N2O2S2/c1-19-10-12(14-6-2-3-7-15(14)19)9-16-17(21)20(18(23)24-16)11-13-5-4-8-22-13/h2-10H,11H2,1H3. The normalized spacial score (nSPS) is 16.7. The highest BCUT2D eigenvalue weighted by Gasteiger charge is 2.32. The maximum atomic E-state index is 12.7. The number of thiocarbonyl (C=S) groups is 1. The molecule has 0 spiro atoms. The van der Waals surface area contributed by atoms with E-state index >= 15 is 0 Å². The van der Waals surface area contributed by atoms with Crippen molar-refractivity contribution in [3.8, 4) is 0 Å². The van der Waals surface area contributed by atoms with Crippen LogP contribution in [0.25, 0.3) is 17.0 Å². The van der Waals surface area contributed by atoms with Gasteiger partial charge in [0.2, 0.25) is 0 Å². The first kappa shape index (κ1) is 15.2. The number of carbonyl (C=O) groups is 1. The van der Waals surface area contributed by atoms with E-state index in [9.17, 15) is 4.79 Å². The van der Waals surface area contributed by atoms with Crippen molar-refractivity contribution in [2.24, 2.45) is 7.05 Å². The minimum absolute atomic E-state index is 0.0747. The number of fused-ring (bicyclic) bond motifs is 1. The Bertz CT molecular complexity index is 970. The van der Waals surface area contributed by atoms with E-state index in [1.54, 1.807) is 17.2 Å². The zero-order chi connectivity index (χ0) is 16.7. The fourth-order valence-corrected chi connectivity index (χ4v) is 4.07. The van der Waals surface area contributed by atoms with E-state index in [1.807, 2.05) is 37.5 Å². The third-order valence-corrected chi connectivity index (χ3v) is 5.36. The number of nitrogens with zero attached hydrogens (tertiary/aromatic N) is 2. The van der Waals surface area contributed by atoms with Crippen molar-refractivity contribution in [2.45, 2.75) is 6.54 Å². The molecule has 0 N–H and O–H groups in total. The van der Waals surface area contributed by atoms with Crippen molar-refractivity contribution < 1.29 is 9.21 Å². The number of benzene rings is 1. The van der Waals surface area contributed by atoms with E-state index in [-0.39, 0.29) is 5.91 Å². The zero-order valence-corrected chi connectivity index (χ0v) is 14.6. The van der Waals surface area contributed by atoms with Crippen molar-refractivity contribution in [1.29, 1.82) is 0 Å². The summed E-state index contributed by atoms with van der Waals surface area (Å²) in [6.07, 6.45) is 5.55. The maximum Gasteiger partial charge on any atom is 0.266 e. The van der Waals surface area contributed by atoms with Crippen molar-refractivity contribution >= 4 is 51.2 Å². The first-order valence-electron chi connectivity index (χ1n) is 7.45. The molecule has 3 aromatic rings. The van der Waals surface area contributed by atoms with E-state index in [4.69, 9.17) is 16.6 Å². The van der Waals surface area contributed by atoms with Gasteiger partial charge in [0.15, 0.2) is 0 Å². The molecule has 6 heteroatoms. The lowest BCUT2D eigenvalue weighted by atomic mass is 10.1. The van der Waals surface area contributed by atoms with Crippen molar-refractivity contribution in [3.05, 3.63) is 65.1 Å². The molecule has 0 aliphatic carbocycles. The van der Waals surface area contributed by atoms with Crippen LogP contribution < -0.4 is 0 Å².